The second kappa shape index (κ2) is 7.59. The van der Waals surface area contributed by atoms with Gasteiger partial charge < -0.3 is 9.47 Å². The third kappa shape index (κ3) is 3.44. The number of benzene rings is 2. The maximum atomic E-state index is 4.59. The molecule has 2 heterocycles. The molecular formula is C24H27N5. The van der Waals surface area contributed by atoms with E-state index in [1.54, 1.807) is 6.20 Å². The number of aryl methyl sites for hydroxylation is 3. The van der Waals surface area contributed by atoms with Crippen LogP contribution in [0.4, 0.5) is 11.4 Å². The monoisotopic (exact) mass is 385 g/mol. The zero-order valence-electron chi connectivity index (χ0n) is 17.7. The Kier molecular flexibility index (Phi) is 4.97. The molecule has 29 heavy (non-hydrogen) atoms. The zero-order valence-corrected chi connectivity index (χ0v) is 17.7. The molecule has 2 aromatic carbocycles. The molecule has 0 aliphatic rings. The molecule has 4 rings (SSSR count). The maximum Gasteiger partial charge on any atom is 0.0991 e. The summed E-state index contributed by atoms with van der Waals surface area (Å²) < 4.78 is 3.97. The Morgan fingerprint density at radius 2 is 1.76 bits per heavy atom. The molecule has 0 N–H and O–H groups in total. The summed E-state index contributed by atoms with van der Waals surface area (Å²) in [5.74, 6) is 0. The fourth-order valence-electron chi connectivity index (χ4n) is 3.96. The lowest BCUT2D eigenvalue weighted by Crippen LogP contribution is -2.17. The molecule has 0 saturated heterocycles. The number of imidazole rings is 1. The van der Waals surface area contributed by atoms with Gasteiger partial charge in [-0.1, -0.05) is 12.1 Å². The number of nitrogens with zero attached hydrogens (tertiary/aromatic N) is 5. The van der Waals surface area contributed by atoms with E-state index >= 15 is 0 Å². The van der Waals surface area contributed by atoms with E-state index in [4.69, 9.17) is 0 Å². The van der Waals surface area contributed by atoms with Crippen LogP contribution < -0.4 is 4.90 Å². The molecule has 0 fully saturated rings. The van der Waals surface area contributed by atoms with E-state index in [2.05, 4.69) is 85.1 Å². The van der Waals surface area contributed by atoms with Gasteiger partial charge in [0.1, 0.15) is 0 Å². The fourth-order valence-corrected chi connectivity index (χ4v) is 3.96. The van der Waals surface area contributed by atoms with Crippen molar-refractivity contribution < 1.29 is 0 Å². The summed E-state index contributed by atoms with van der Waals surface area (Å²) in [6, 6.07) is 15.3. The summed E-state index contributed by atoms with van der Waals surface area (Å²) in [5.41, 5.74) is 9.45. The minimum Gasteiger partial charge on any atom is -0.342 e. The standard InChI is InChI=1S/C24H27N5/c1-6-29(22-11-9-21(10-12-22)28-14-13-25-16-28)23-15-20(8-7-17(23)2)24-18(3)26-27(5)19(24)4/h7-16H,6H2,1-5H3. The van der Waals surface area contributed by atoms with Gasteiger partial charge in [0.25, 0.3) is 0 Å². The van der Waals surface area contributed by atoms with E-state index < -0.39 is 0 Å². The van der Waals surface area contributed by atoms with Crippen LogP contribution in [0, 0.1) is 20.8 Å². The first-order valence-corrected chi connectivity index (χ1v) is 9.96. The van der Waals surface area contributed by atoms with Crippen molar-refractivity contribution in [2.24, 2.45) is 7.05 Å². The van der Waals surface area contributed by atoms with Crippen LogP contribution in [0.15, 0.2) is 61.2 Å². The lowest BCUT2D eigenvalue weighted by Gasteiger charge is -2.26. The predicted molar refractivity (Wildman–Crippen MR) is 119 cm³/mol. The lowest BCUT2D eigenvalue weighted by atomic mass is 10.0. The SMILES string of the molecule is CCN(c1ccc(-n2ccnc2)cc1)c1cc(-c2c(C)nn(C)c2C)ccc1C. The van der Waals surface area contributed by atoms with Gasteiger partial charge >= 0.3 is 0 Å². The van der Waals surface area contributed by atoms with Gasteiger partial charge in [-0.05, 0) is 69.2 Å². The average molecular weight is 386 g/mol. The first kappa shape index (κ1) is 19.0. The summed E-state index contributed by atoms with van der Waals surface area (Å²) in [6.07, 6.45) is 5.57. The van der Waals surface area contributed by atoms with Crippen molar-refractivity contribution >= 4 is 11.4 Å². The smallest absolute Gasteiger partial charge is 0.0991 e. The lowest BCUT2D eigenvalue weighted by molar-refractivity contribution is 0.731. The molecular weight excluding hydrogens is 358 g/mol. The van der Waals surface area contributed by atoms with E-state index in [0.717, 1.165) is 17.9 Å². The van der Waals surface area contributed by atoms with Crippen LogP contribution in [0.5, 0.6) is 0 Å². The molecule has 0 atom stereocenters. The molecule has 0 unspecified atom stereocenters. The van der Waals surface area contributed by atoms with Crippen molar-refractivity contribution in [2.75, 3.05) is 11.4 Å². The highest BCUT2D eigenvalue weighted by molar-refractivity contribution is 5.77. The van der Waals surface area contributed by atoms with Crippen molar-refractivity contribution in [2.45, 2.75) is 27.7 Å². The first-order chi connectivity index (χ1) is 14.0. The van der Waals surface area contributed by atoms with E-state index in [1.165, 1.54) is 33.8 Å². The summed E-state index contributed by atoms with van der Waals surface area (Å²) in [6.45, 7) is 9.45. The Balaban J connectivity index is 1.74. The highest BCUT2D eigenvalue weighted by Crippen LogP contribution is 2.35. The Bertz CT molecular complexity index is 1120. The number of rotatable bonds is 5. The molecule has 0 saturated carbocycles. The zero-order chi connectivity index (χ0) is 20.5. The maximum absolute atomic E-state index is 4.59. The molecule has 5 nitrogen and oxygen atoms in total. The van der Waals surface area contributed by atoms with Crippen molar-refractivity contribution in [3.05, 3.63) is 78.1 Å². The van der Waals surface area contributed by atoms with E-state index in [1.807, 2.05) is 28.8 Å². The van der Waals surface area contributed by atoms with Crippen molar-refractivity contribution in [3.63, 3.8) is 0 Å². The van der Waals surface area contributed by atoms with Gasteiger partial charge in [-0.25, -0.2) is 4.98 Å². The minimum atomic E-state index is 0.889. The van der Waals surface area contributed by atoms with Crippen LogP contribution in [-0.2, 0) is 7.05 Å². The minimum absolute atomic E-state index is 0.889. The molecule has 0 bridgehead atoms. The number of aromatic nitrogens is 4. The van der Waals surface area contributed by atoms with Crippen LogP contribution in [0.25, 0.3) is 16.8 Å². The van der Waals surface area contributed by atoms with Gasteiger partial charge in [0.05, 0.1) is 12.0 Å². The van der Waals surface area contributed by atoms with Gasteiger partial charge in [0.2, 0.25) is 0 Å². The molecule has 4 aromatic rings. The highest BCUT2D eigenvalue weighted by Gasteiger charge is 2.16. The molecule has 2 aromatic heterocycles. The largest absolute Gasteiger partial charge is 0.342 e. The molecule has 0 radical (unpaired) electrons. The van der Waals surface area contributed by atoms with Crippen molar-refractivity contribution in [1.29, 1.82) is 0 Å². The molecule has 0 amide bonds. The Morgan fingerprint density at radius 1 is 1.00 bits per heavy atom. The third-order valence-electron chi connectivity index (χ3n) is 5.58. The van der Waals surface area contributed by atoms with Crippen LogP contribution >= 0.6 is 0 Å². The van der Waals surface area contributed by atoms with Crippen LogP contribution in [0.1, 0.15) is 23.9 Å². The first-order valence-electron chi connectivity index (χ1n) is 9.96. The highest BCUT2D eigenvalue weighted by atomic mass is 15.3. The Morgan fingerprint density at radius 3 is 2.34 bits per heavy atom. The van der Waals surface area contributed by atoms with Crippen LogP contribution in [0.2, 0.25) is 0 Å². The third-order valence-corrected chi connectivity index (χ3v) is 5.58. The summed E-state index contributed by atoms with van der Waals surface area (Å²) >= 11 is 0. The molecule has 0 aliphatic carbocycles. The van der Waals surface area contributed by atoms with E-state index in [-0.39, 0.29) is 0 Å². The van der Waals surface area contributed by atoms with E-state index in [9.17, 15) is 0 Å². The van der Waals surface area contributed by atoms with E-state index in [0.29, 0.717) is 0 Å². The summed E-state index contributed by atoms with van der Waals surface area (Å²) in [7, 11) is 2.00. The Hall–Kier alpha value is -3.34. The molecule has 0 aliphatic heterocycles. The number of hydrogen-bond acceptors (Lipinski definition) is 3. The van der Waals surface area contributed by atoms with Gasteiger partial charge in [-0.3, -0.25) is 4.68 Å². The Labute approximate surface area is 172 Å². The second-order valence-electron chi connectivity index (χ2n) is 7.40. The number of anilines is 2. The average Bonchev–Trinajstić information content (AvgIpc) is 3.33. The normalized spacial score (nSPS) is 11.1. The fraction of sp³-hybridized carbons (Fsp3) is 0.250. The van der Waals surface area contributed by atoms with Gasteiger partial charge in [0.15, 0.2) is 0 Å². The topological polar surface area (TPSA) is 38.9 Å². The van der Waals surface area contributed by atoms with Gasteiger partial charge in [-0.2, -0.15) is 5.10 Å². The molecule has 5 heteroatoms. The quantitative estimate of drug-likeness (QED) is 0.464. The summed E-state index contributed by atoms with van der Waals surface area (Å²) in [5, 5.41) is 4.59. The summed E-state index contributed by atoms with van der Waals surface area (Å²) in [4.78, 5) is 6.49. The van der Waals surface area contributed by atoms with Gasteiger partial charge in [-0.15, -0.1) is 0 Å². The second-order valence-corrected chi connectivity index (χ2v) is 7.40. The van der Waals surface area contributed by atoms with Crippen molar-refractivity contribution in [1.82, 2.24) is 19.3 Å². The molecule has 0 spiro atoms. The van der Waals surface area contributed by atoms with Crippen LogP contribution in [-0.4, -0.2) is 25.9 Å². The van der Waals surface area contributed by atoms with Crippen LogP contribution in [0.3, 0.4) is 0 Å². The predicted octanol–water partition coefficient (Wildman–Crippen LogP) is 5.36. The number of hydrogen-bond donors (Lipinski definition) is 0. The van der Waals surface area contributed by atoms with Gasteiger partial charge in [0, 0.05) is 54.3 Å². The molecule has 148 valence electrons. The van der Waals surface area contributed by atoms with Crippen molar-refractivity contribution in [3.8, 4) is 16.8 Å².